The van der Waals surface area contributed by atoms with Crippen molar-refractivity contribution in [2.45, 2.75) is 6.04 Å². The Balaban J connectivity index is 2.38. The monoisotopic (exact) mass is 250 g/mol. The van der Waals surface area contributed by atoms with E-state index in [1.807, 2.05) is 19.3 Å². The lowest BCUT2D eigenvalue weighted by molar-refractivity contribution is 0.385. The topological polar surface area (TPSA) is 65.1 Å². The quantitative estimate of drug-likeness (QED) is 0.630. The molecule has 0 fully saturated rings. The van der Waals surface area contributed by atoms with E-state index in [1.165, 1.54) is 13.2 Å². The average Bonchev–Trinajstić information content (AvgIpc) is 2.79. The highest BCUT2D eigenvalue weighted by Gasteiger charge is 2.16. The van der Waals surface area contributed by atoms with Gasteiger partial charge in [0.15, 0.2) is 11.6 Å². The molecule has 0 aliphatic carbocycles. The maximum absolute atomic E-state index is 13.3. The fraction of sp³-hybridized carbons (Fsp3) is 0.250. The number of hydrogen-bond acceptors (Lipinski definition) is 4. The van der Waals surface area contributed by atoms with Crippen LogP contribution in [-0.4, -0.2) is 16.9 Å². The lowest BCUT2D eigenvalue weighted by Crippen LogP contribution is -2.29. The first-order chi connectivity index (χ1) is 8.65. The lowest BCUT2D eigenvalue weighted by Gasteiger charge is -2.15. The number of rotatable bonds is 4. The van der Waals surface area contributed by atoms with Gasteiger partial charge in [0.05, 0.1) is 18.8 Å². The zero-order valence-electron chi connectivity index (χ0n) is 10.2. The number of methoxy groups -OCH3 is 1. The van der Waals surface area contributed by atoms with Crippen molar-refractivity contribution in [2.24, 2.45) is 12.9 Å². The zero-order valence-corrected chi connectivity index (χ0v) is 10.2. The molecule has 0 spiro atoms. The predicted molar refractivity (Wildman–Crippen MR) is 65.3 cm³/mol. The third-order valence-corrected chi connectivity index (χ3v) is 2.71. The van der Waals surface area contributed by atoms with E-state index in [0.717, 1.165) is 11.3 Å². The van der Waals surface area contributed by atoms with Crippen molar-refractivity contribution < 1.29 is 9.13 Å². The van der Waals surface area contributed by atoms with Gasteiger partial charge in [-0.2, -0.15) is 5.10 Å². The first-order valence-corrected chi connectivity index (χ1v) is 5.45. The second kappa shape index (κ2) is 5.16. The molecule has 0 aliphatic heterocycles. The molecule has 1 heterocycles. The van der Waals surface area contributed by atoms with E-state index in [4.69, 9.17) is 10.6 Å². The van der Waals surface area contributed by atoms with E-state index in [1.54, 1.807) is 16.8 Å². The van der Waals surface area contributed by atoms with Crippen molar-refractivity contribution in [3.63, 3.8) is 0 Å². The van der Waals surface area contributed by atoms with E-state index in [-0.39, 0.29) is 11.8 Å². The number of halogens is 1. The van der Waals surface area contributed by atoms with Gasteiger partial charge < -0.3 is 4.74 Å². The Hall–Kier alpha value is -1.92. The van der Waals surface area contributed by atoms with Crippen molar-refractivity contribution in [1.82, 2.24) is 15.2 Å². The van der Waals surface area contributed by atoms with Crippen LogP contribution in [0.15, 0.2) is 30.5 Å². The Bertz CT molecular complexity index is 541. The number of benzene rings is 1. The molecule has 0 radical (unpaired) electrons. The minimum absolute atomic E-state index is 0.184. The van der Waals surface area contributed by atoms with Gasteiger partial charge in [-0.25, -0.2) is 9.82 Å². The third kappa shape index (κ3) is 2.34. The van der Waals surface area contributed by atoms with Crippen LogP contribution < -0.4 is 16.0 Å². The summed E-state index contributed by atoms with van der Waals surface area (Å²) < 4.78 is 20.0. The van der Waals surface area contributed by atoms with E-state index < -0.39 is 5.82 Å². The van der Waals surface area contributed by atoms with Crippen LogP contribution in [0.1, 0.15) is 17.3 Å². The molecular formula is C12H15FN4O. The number of aryl methyl sites for hydroxylation is 1. The molecule has 2 rings (SSSR count). The van der Waals surface area contributed by atoms with Gasteiger partial charge >= 0.3 is 0 Å². The van der Waals surface area contributed by atoms with Gasteiger partial charge in [0.1, 0.15) is 0 Å². The van der Waals surface area contributed by atoms with Crippen LogP contribution in [0, 0.1) is 5.82 Å². The highest BCUT2D eigenvalue weighted by atomic mass is 19.1. The molecule has 0 saturated heterocycles. The SMILES string of the molecule is COc1cc(C(NN)c2ccn(C)n2)ccc1F. The summed E-state index contributed by atoms with van der Waals surface area (Å²) in [7, 11) is 3.25. The molecule has 1 atom stereocenters. The summed E-state index contributed by atoms with van der Waals surface area (Å²) in [5.74, 6) is 5.32. The number of nitrogens with zero attached hydrogens (tertiary/aromatic N) is 2. The molecule has 0 bridgehead atoms. The van der Waals surface area contributed by atoms with E-state index in [0.29, 0.717) is 0 Å². The molecule has 0 amide bonds. The standard InChI is InChI=1S/C12H15FN4O/c1-17-6-5-10(16-17)12(15-14)8-3-4-9(13)11(7-8)18-2/h3-7,12,15H,14H2,1-2H3. The Morgan fingerprint density at radius 1 is 1.44 bits per heavy atom. The molecule has 1 aromatic carbocycles. The molecule has 0 aliphatic rings. The summed E-state index contributed by atoms with van der Waals surface area (Å²) in [6.45, 7) is 0. The smallest absolute Gasteiger partial charge is 0.165 e. The summed E-state index contributed by atoms with van der Waals surface area (Å²) in [5, 5.41) is 4.28. The van der Waals surface area contributed by atoms with Crippen molar-refractivity contribution in [3.05, 3.63) is 47.5 Å². The van der Waals surface area contributed by atoms with Crippen LogP contribution in [0.3, 0.4) is 0 Å². The van der Waals surface area contributed by atoms with Gasteiger partial charge in [0.2, 0.25) is 0 Å². The normalized spacial score (nSPS) is 12.4. The van der Waals surface area contributed by atoms with Crippen LogP contribution in [0.25, 0.3) is 0 Å². The number of aromatic nitrogens is 2. The number of nitrogens with two attached hydrogens (primary N) is 1. The Kier molecular flexibility index (Phi) is 3.59. The van der Waals surface area contributed by atoms with E-state index >= 15 is 0 Å². The lowest BCUT2D eigenvalue weighted by atomic mass is 10.0. The van der Waals surface area contributed by atoms with Gasteiger partial charge in [-0.1, -0.05) is 6.07 Å². The second-order valence-corrected chi connectivity index (χ2v) is 3.91. The number of hydrazine groups is 1. The van der Waals surface area contributed by atoms with E-state index in [2.05, 4.69) is 10.5 Å². The number of ether oxygens (including phenoxy) is 1. The van der Waals surface area contributed by atoms with Gasteiger partial charge in [-0.3, -0.25) is 10.5 Å². The van der Waals surface area contributed by atoms with Gasteiger partial charge in [-0.05, 0) is 23.8 Å². The molecule has 3 N–H and O–H groups in total. The Morgan fingerprint density at radius 2 is 2.22 bits per heavy atom. The van der Waals surface area contributed by atoms with Crippen LogP contribution >= 0.6 is 0 Å². The molecule has 0 saturated carbocycles. The fourth-order valence-electron chi connectivity index (χ4n) is 1.80. The molecule has 1 unspecified atom stereocenters. The van der Waals surface area contributed by atoms with Crippen LogP contribution in [0.2, 0.25) is 0 Å². The first kappa shape index (κ1) is 12.5. The summed E-state index contributed by atoms with van der Waals surface area (Å²) in [5.41, 5.74) is 4.21. The maximum Gasteiger partial charge on any atom is 0.165 e. The molecular weight excluding hydrogens is 235 g/mol. The molecule has 5 nitrogen and oxygen atoms in total. The first-order valence-electron chi connectivity index (χ1n) is 5.45. The zero-order chi connectivity index (χ0) is 13.1. The largest absolute Gasteiger partial charge is 0.494 e. The maximum atomic E-state index is 13.3. The van der Waals surface area contributed by atoms with Crippen molar-refractivity contribution in [3.8, 4) is 5.75 Å². The number of nitrogens with one attached hydrogen (secondary N) is 1. The molecule has 18 heavy (non-hydrogen) atoms. The number of hydrogen-bond donors (Lipinski definition) is 2. The van der Waals surface area contributed by atoms with Crippen LogP contribution in [-0.2, 0) is 7.05 Å². The summed E-state index contributed by atoms with van der Waals surface area (Å²) in [6, 6.07) is 6.15. The predicted octanol–water partition coefficient (Wildman–Crippen LogP) is 1.12. The minimum Gasteiger partial charge on any atom is -0.494 e. The summed E-state index contributed by atoms with van der Waals surface area (Å²) in [4.78, 5) is 0. The van der Waals surface area contributed by atoms with Crippen LogP contribution in [0.5, 0.6) is 5.75 Å². The average molecular weight is 250 g/mol. The van der Waals surface area contributed by atoms with Gasteiger partial charge in [0, 0.05) is 13.2 Å². The van der Waals surface area contributed by atoms with Crippen molar-refractivity contribution in [1.29, 1.82) is 0 Å². The van der Waals surface area contributed by atoms with Crippen LogP contribution in [0.4, 0.5) is 4.39 Å². The second-order valence-electron chi connectivity index (χ2n) is 3.91. The fourth-order valence-corrected chi connectivity index (χ4v) is 1.80. The minimum atomic E-state index is -0.405. The highest BCUT2D eigenvalue weighted by molar-refractivity contribution is 5.35. The Labute approximate surface area is 104 Å². The molecule has 6 heteroatoms. The summed E-state index contributed by atoms with van der Waals surface area (Å²) in [6.07, 6.45) is 1.82. The Morgan fingerprint density at radius 3 is 2.78 bits per heavy atom. The molecule has 2 aromatic rings. The van der Waals surface area contributed by atoms with Crippen molar-refractivity contribution in [2.75, 3.05) is 7.11 Å². The van der Waals surface area contributed by atoms with Gasteiger partial charge in [-0.15, -0.1) is 0 Å². The summed E-state index contributed by atoms with van der Waals surface area (Å²) >= 11 is 0. The molecule has 96 valence electrons. The van der Waals surface area contributed by atoms with Gasteiger partial charge in [0.25, 0.3) is 0 Å². The molecule has 1 aromatic heterocycles. The highest BCUT2D eigenvalue weighted by Crippen LogP contribution is 2.25. The van der Waals surface area contributed by atoms with Crippen molar-refractivity contribution >= 4 is 0 Å². The van der Waals surface area contributed by atoms with E-state index in [9.17, 15) is 4.39 Å². The third-order valence-electron chi connectivity index (χ3n) is 2.71.